The van der Waals surface area contributed by atoms with E-state index in [2.05, 4.69) is 27.9 Å². The minimum atomic E-state index is -1.27. The van der Waals surface area contributed by atoms with Crippen molar-refractivity contribution < 1.29 is 8.73 Å². The van der Waals surface area contributed by atoms with E-state index in [1.54, 1.807) is 6.20 Å². The van der Waals surface area contributed by atoms with Crippen molar-refractivity contribution in [2.45, 2.75) is 44.4 Å². The van der Waals surface area contributed by atoms with Crippen LogP contribution in [0.25, 0.3) is 22.2 Å². The lowest BCUT2D eigenvalue weighted by molar-refractivity contribution is 0.459. The van der Waals surface area contributed by atoms with E-state index in [-0.39, 0.29) is 12.0 Å². The number of hydrogen-bond donors (Lipinski definition) is 1. The third kappa shape index (κ3) is 4.45. The molecule has 2 aromatic carbocycles. The summed E-state index contributed by atoms with van der Waals surface area (Å²) in [4.78, 5) is 4.56. The number of nitrogens with one attached hydrogen (secondary N) is 1. The van der Waals surface area contributed by atoms with E-state index in [0.29, 0.717) is 0 Å². The number of nitrogens with zero attached hydrogens (tertiary/aromatic N) is 2. The Morgan fingerprint density at radius 3 is 2.42 bits per heavy atom. The highest BCUT2D eigenvalue weighted by Gasteiger charge is 2.30. The molecule has 1 N–H and O–H groups in total. The lowest BCUT2D eigenvalue weighted by Gasteiger charge is -2.29. The number of benzene rings is 2. The van der Waals surface area contributed by atoms with Gasteiger partial charge in [-0.1, -0.05) is 54.5 Å². The summed E-state index contributed by atoms with van der Waals surface area (Å²) in [5.41, 5.74) is 4.43. The van der Waals surface area contributed by atoms with E-state index < -0.39 is 15.7 Å². The highest BCUT2D eigenvalue weighted by Crippen LogP contribution is 2.38. The van der Waals surface area contributed by atoms with Crippen LogP contribution >= 0.6 is 0 Å². The zero-order valence-electron chi connectivity index (χ0n) is 18.2. The molecule has 0 spiro atoms. The SMILES string of the molecule is CC(c1ccccn1)C(N[S@@](=O)C(C)(C)C)c1ccccc1-c1noc2ccccc12. The van der Waals surface area contributed by atoms with Crippen molar-refractivity contribution in [1.82, 2.24) is 14.9 Å². The van der Waals surface area contributed by atoms with Crippen LogP contribution in [0.4, 0.5) is 0 Å². The van der Waals surface area contributed by atoms with Gasteiger partial charge in [0.2, 0.25) is 0 Å². The van der Waals surface area contributed by atoms with Crippen LogP contribution in [-0.2, 0) is 11.0 Å². The minimum absolute atomic E-state index is 0.0215. The van der Waals surface area contributed by atoms with Crippen molar-refractivity contribution in [1.29, 1.82) is 0 Å². The summed E-state index contributed by atoms with van der Waals surface area (Å²) in [7, 11) is -1.27. The predicted octanol–water partition coefficient (Wildman–Crippen LogP) is 5.79. The van der Waals surface area contributed by atoms with Crippen LogP contribution in [0.5, 0.6) is 0 Å². The summed E-state index contributed by atoms with van der Waals surface area (Å²) >= 11 is 0. The summed E-state index contributed by atoms with van der Waals surface area (Å²) in [5.74, 6) is -0.0215. The summed E-state index contributed by atoms with van der Waals surface area (Å²) in [6.07, 6.45) is 1.79. The van der Waals surface area contributed by atoms with Crippen molar-refractivity contribution in [2.75, 3.05) is 0 Å². The zero-order chi connectivity index (χ0) is 22.0. The van der Waals surface area contributed by atoms with Gasteiger partial charge < -0.3 is 4.52 Å². The highest BCUT2D eigenvalue weighted by molar-refractivity contribution is 7.84. The average Bonchev–Trinajstić information content (AvgIpc) is 3.21. The van der Waals surface area contributed by atoms with Crippen LogP contribution in [0.3, 0.4) is 0 Å². The molecule has 3 atom stereocenters. The molecule has 31 heavy (non-hydrogen) atoms. The van der Waals surface area contributed by atoms with E-state index in [4.69, 9.17) is 4.52 Å². The van der Waals surface area contributed by atoms with E-state index in [1.807, 2.05) is 81.4 Å². The van der Waals surface area contributed by atoms with Crippen molar-refractivity contribution in [3.05, 3.63) is 84.2 Å². The van der Waals surface area contributed by atoms with Crippen molar-refractivity contribution >= 4 is 22.0 Å². The first kappa shape index (κ1) is 21.4. The van der Waals surface area contributed by atoms with Crippen LogP contribution in [0, 0.1) is 0 Å². The molecule has 0 aliphatic heterocycles. The smallest absolute Gasteiger partial charge is 0.167 e. The van der Waals surface area contributed by atoms with Crippen LogP contribution in [0.15, 0.2) is 77.4 Å². The van der Waals surface area contributed by atoms with Gasteiger partial charge >= 0.3 is 0 Å². The molecular formula is C25H27N3O2S. The van der Waals surface area contributed by atoms with Gasteiger partial charge in [0.1, 0.15) is 5.69 Å². The van der Waals surface area contributed by atoms with E-state index in [1.165, 1.54) is 0 Å². The second-order valence-electron chi connectivity index (χ2n) is 8.63. The van der Waals surface area contributed by atoms with Gasteiger partial charge in [0.05, 0.1) is 21.8 Å². The molecule has 0 amide bonds. The third-order valence-electron chi connectivity index (χ3n) is 5.37. The maximum absolute atomic E-state index is 13.1. The fraction of sp³-hybridized carbons (Fsp3) is 0.280. The maximum atomic E-state index is 13.1. The van der Waals surface area contributed by atoms with Crippen LogP contribution in [0.2, 0.25) is 0 Å². The quantitative estimate of drug-likeness (QED) is 0.418. The summed E-state index contributed by atoms with van der Waals surface area (Å²) in [6.45, 7) is 8.01. The molecule has 2 aromatic heterocycles. The Balaban J connectivity index is 1.85. The Morgan fingerprint density at radius 1 is 0.968 bits per heavy atom. The van der Waals surface area contributed by atoms with Gasteiger partial charge in [-0.2, -0.15) is 0 Å². The Hall–Kier alpha value is -2.83. The molecule has 6 heteroatoms. The number of pyridine rings is 1. The van der Waals surface area contributed by atoms with Gasteiger partial charge in [-0.25, -0.2) is 8.93 Å². The molecule has 0 aliphatic carbocycles. The van der Waals surface area contributed by atoms with Gasteiger partial charge in [0.15, 0.2) is 5.58 Å². The Kier molecular flexibility index (Phi) is 6.03. The van der Waals surface area contributed by atoms with Gasteiger partial charge in [0, 0.05) is 28.8 Å². The van der Waals surface area contributed by atoms with Gasteiger partial charge in [-0.05, 0) is 50.6 Å². The second kappa shape index (κ2) is 8.73. The number of aromatic nitrogens is 2. The first-order valence-electron chi connectivity index (χ1n) is 10.4. The summed E-state index contributed by atoms with van der Waals surface area (Å²) in [5, 5.41) is 5.33. The number of fused-ring (bicyclic) bond motifs is 1. The molecule has 4 aromatic rings. The summed E-state index contributed by atoms with van der Waals surface area (Å²) < 4.78 is 21.7. The van der Waals surface area contributed by atoms with E-state index >= 15 is 0 Å². The molecule has 0 bridgehead atoms. The number of hydrogen-bond acceptors (Lipinski definition) is 4. The predicted molar refractivity (Wildman–Crippen MR) is 126 cm³/mol. The van der Waals surface area contributed by atoms with Crippen LogP contribution < -0.4 is 4.72 Å². The molecule has 2 heterocycles. The molecule has 2 unspecified atom stereocenters. The Morgan fingerprint density at radius 2 is 1.68 bits per heavy atom. The average molecular weight is 434 g/mol. The lowest BCUT2D eigenvalue weighted by atomic mass is 9.88. The highest BCUT2D eigenvalue weighted by atomic mass is 32.2. The van der Waals surface area contributed by atoms with Crippen molar-refractivity contribution in [3.8, 4) is 11.3 Å². The topological polar surface area (TPSA) is 68.0 Å². The van der Waals surface area contributed by atoms with E-state index in [0.717, 1.165) is 33.5 Å². The molecular weight excluding hydrogens is 406 g/mol. The van der Waals surface area contributed by atoms with Crippen LogP contribution in [-0.4, -0.2) is 19.1 Å². The normalized spacial score (nSPS) is 15.0. The molecule has 160 valence electrons. The molecule has 0 saturated carbocycles. The molecule has 0 radical (unpaired) electrons. The van der Waals surface area contributed by atoms with E-state index in [9.17, 15) is 4.21 Å². The lowest BCUT2D eigenvalue weighted by Crippen LogP contribution is -2.37. The molecule has 5 nitrogen and oxygen atoms in total. The number of rotatable bonds is 6. The van der Waals surface area contributed by atoms with Gasteiger partial charge in [0.25, 0.3) is 0 Å². The Labute approximate surface area is 185 Å². The standard InChI is InChI=1S/C25H27N3O2S/c1-17(21-14-9-10-16-26-21)23(28-31(29)25(2,3)4)18-11-5-6-12-19(18)24-20-13-7-8-15-22(20)30-27-24/h5-17,23,28H,1-4H3/t17?,23?,31-/m0/s1. The van der Waals surface area contributed by atoms with Crippen LogP contribution in [0.1, 0.15) is 50.9 Å². The minimum Gasteiger partial charge on any atom is -0.356 e. The fourth-order valence-electron chi connectivity index (χ4n) is 3.61. The van der Waals surface area contributed by atoms with Gasteiger partial charge in [-0.3, -0.25) is 4.98 Å². The largest absolute Gasteiger partial charge is 0.356 e. The molecule has 0 fully saturated rings. The van der Waals surface area contributed by atoms with Gasteiger partial charge in [-0.15, -0.1) is 0 Å². The Bertz CT molecular complexity index is 1200. The zero-order valence-corrected chi connectivity index (χ0v) is 19.0. The number of para-hydroxylation sites is 1. The first-order valence-corrected chi connectivity index (χ1v) is 11.5. The molecule has 0 saturated heterocycles. The maximum Gasteiger partial charge on any atom is 0.167 e. The molecule has 0 aliphatic rings. The molecule has 4 rings (SSSR count). The van der Waals surface area contributed by atoms with Crippen molar-refractivity contribution in [3.63, 3.8) is 0 Å². The summed E-state index contributed by atoms with van der Waals surface area (Å²) in [6, 6.07) is 21.6. The first-order chi connectivity index (χ1) is 14.9. The monoisotopic (exact) mass is 433 g/mol. The second-order valence-corrected chi connectivity index (χ2v) is 10.6. The third-order valence-corrected chi connectivity index (χ3v) is 6.95. The fourth-order valence-corrected chi connectivity index (χ4v) is 4.52. The van der Waals surface area contributed by atoms with Crippen molar-refractivity contribution in [2.24, 2.45) is 0 Å².